The number of halogens is 6. The molecule has 0 radical (unpaired) electrons. The third kappa shape index (κ3) is 2.84. The van der Waals surface area contributed by atoms with Crippen LogP contribution in [0.15, 0.2) is 18.2 Å². The topological polar surface area (TPSA) is 34.1 Å². The predicted molar refractivity (Wildman–Crippen MR) is 66.0 cm³/mol. The Morgan fingerprint density at radius 3 is 1.70 bits per heavy atom. The molecule has 2 aromatic carbocycles. The molecule has 0 aromatic heterocycles. The molecule has 2 rings (SSSR count). The van der Waals surface area contributed by atoms with Crippen LogP contribution < -0.4 is 0 Å². The minimum atomic E-state index is -1.84. The van der Waals surface area contributed by atoms with E-state index in [2.05, 4.69) is 0 Å². The van der Waals surface area contributed by atoms with Crippen LogP contribution in [0.4, 0.5) is 26.3 Å². The largest absolute Gasteiger partial charge is 0.285 e. The lowest BCUT2D eigenvalue weighted by atomic mass is 9.97. The molecule has 0 unspecified atom stereocenters. The standard InChI is InChI=1S/C15H6F6O2/c1-5-7(4-10(18)13(21)11(5)19)15(23)14(22)6-2-8(16)12(20)9(17)3-6/h2-4H,1H3. The molecule has 8 heteroatoms. The van der Waals surface area contributed by atoms with Crippen LogP contribution >= 0.6 is 0 Å². The van der Waals surface area contributed by atoms with Crippen molar-refractivity contribution in [3.63, 3.8) is 0 Å². The molecular formula is C15H6F6O2. The van der Waals surface area contributed by atoms with Crippen molar-refractivity contribution >= 4 is 11.6 Å². The predicted octanol–water partition coefficient (Wildman–Crippen LogP) is 3.90. The summed E-state index contributed by atoms with van der Waals surface area (Å²) in [6.07, 6.45) is 0. The van der Waals surface area contributed by atoms with Gasteiger partial charge < -0.3 is 0 Å². The van der Waals surface area contributed by atoms with Crippen LogP contribution in [0.3, 0.4) is 0 Å². The van der Waals surface area contributed by atoms with Gasteiger partial charge in [0.1, 0.15) is 0 Å². The van der Waals surface area contributed by atoms with Gasteiger partial charge in [-0.2, -0.15) is 0 Å². The summed E-state index contributed by atoms with van der Waals surface area (Å²) in [5, 5.41) is 0. The molecule has 0 saturated heterocycles. The van der Waals surface area contributed by atoms with Gasteiger partial charge in [-0.3, -0.25) is 9.59 Å². The maximum Gasteiger partial charge on any atom is 0.234 e. The average molecular weight is 332 g/mol. The Kier molecular flexibility index (Phi) is 4.26. The Morgan fingerprint density at radius 2 is 1.17 bits per heavy atom. The first-order valence-corrected chi connectivity index (χ1v) is 6.02. The molecule has 0 spiro atoms. The van der Waals surface area contributed by atoms with Crippen molar-refractivity contribution in [2.75, 3.05) is 0 Å². The number of hydrogen-bond acceptors (Lipinski definition) is 2. The Hall–Kier alpha value is -2.64. The number of carbonyl (C=O) groups excluding carboxylic acids is 2. The maximum absolute atomic E-state index is 13.4. The third-order valence-electron chi connectivity index (χ3n) is 3.10. The summed E-state index contributed by atoms with van der Waals surface area (Å²) in [5.41, 5.74) is -2.31. The molecule has 0 saturated carbocycles. The van der Waals surface area contributed by atoms with E-state index in [1.165, 1.54) is 0 Å². The molecule has 0 fully saturated rings. The SMILES string of the molecule is Cc1c(C(=O)C(=O)c2cc(F)c(F)c(F)c2)cc(F)c(F)c1F. The van der Waals surface area contributed by atoms with Gasteiger partial charge in [-0.25, -0.2) is 26.3 Å². The number of Topliss-reactive ketones (excluding diaryl/α,β-unsaturated/α-hetero) is 2. The summed E-state index contributed by atoms with van der Waals surface area (Å²) in [7, 11) is 0. The summed E-state index contributed by atoms with van der Waals surface area (Å²) in [6, 6.07) is 0.832. The molecule has 0 N–H and O–H groups in total. The van der Waals surface area contributed by atoms with E-state index in [1.54, 1.807) is 0 Å². The highest BCUT2D eigenvalue weighted by Gasteiger charge is 2.26. The lowest BCUT2D eigenvalue weighted by Crippen LogP contribution is -2.18. The van der Waals surface area contributed by atoms with Crippen molar-refractivity contribution in [3.05, 3.63) is 69.8 Å². The van der Waals surface area contributed by atoms with Gasteiger partial charge in [-0.1, -0.05) is 0 Å². The second kappa shape index (κ2) is 5.86. The summed E-state index contributed by atoms with van der Waals surface area (Å²) in [6.45, 7) is 0.921. The first-order valence-electron chi connectivity index (χ1n) is 6.02. The van der Waals surface area contributed by atoms with Gasteiger partial charge in [-0.15, -0.1) is 0 Å². The molecular weight excluding hydrogens is 326 g/mol. The lowest BCUT2D eigenvalue weighted by Gasteiger charge is -2.07. The van der Waals surface area contributed by atoms with Gasteiger partial charge in [0.05, 0.1) is 0 Å². The molecule has 0 aliphatic heterocycles. The van der Waals surface area contributed by atoms with E-state index < -0.39 is 63.2 Å². The van der Waals surface area contributed by atoms with Crippen LogP contribution in [0.25, 0.3) is 0 Å². The Balaban J connectivity index is 2.52. The van der Waals surface area contributed by atoms with E-state index >= 15 is 0 Å². The fourth-order valence-corrected chi connectivity index (χ4v) is 1.86. The van der Waals surface area contributed by atoms with Crippen molar-refractivity contribution in [1.82, 2.24) is 0 Å². The van der Waals surface area contributed by atoms with Crippen molar-refractivity contribution in [1.29, 1.82) is 0 Å². The molecule has 0 heterocycles. The quantitative estimate of drug-likeness (QED) is 0.370. The molecule has 2 aromatic rings. The van der Waals surface area contributed by atoms with Gasteiger partial charge >= 0.3 is 0 Å². The van der Waals surface area contributed by atoms with Crippen molar-refractivity contribution in [2.45, 2.75) is 6.92 Å². The van der Waals surface area contributed by atoms with E-state index in [9.17, 15) is 35.9 Å². The molecule has 0 amide bonds. The van der Waals surface area contributed by atoms with Crippen LogP contribution in [0.1, 0.15) is 26.3 Å². The molecule has 0 atom stereocenters. The zero-order valence-electron chi connectivity index (χ0n) is 11.3. The van der Waals surface area contributed by atoms with Gasteiger partial charge in [0, 0.05) is 11.1 Å². The highest BCUT2D eigenvalue weighted by atomic mass is 19.2. The summed E-state index contributed by atoms with van der Waals surface area (Å²) >= 11 is 0. The minimum Gasteiger partial charge on any atom is -0.285 e. The van der Waals surface area contributed by atoms with Crippen LogP contribution in [-0.2, 0) is 0 Å². The zero-order chi connectivity index (χ0) is 17.5. The van der Waals surface area contributed by atoms with Crippen molar-refractivity contribution in [2.24, 2.45) is 0 Å². The highest BCUT2D eigenvalue weighted by Crippen LogP contribution is 2.22. The average Bonchev–Trinajstić information content (AvgIpc) is 2.52. The van der Waals surface area contributed by atoms with Crippen LogP contribution in [0, 0.1) is 41.8 Å². The minimum absolute atomic E-state index is 0.268. The van der Waals surface area contributed by atoms with E-state index in [0.717, 1.165) is 6.92 Å². The number of benzene rings is 2. The molecule has 2 nitrogen and oxygen atoms in total. The van der Waals surface area contributed by atoms with Crippen molar-refractivity contribution < 1.29 is 35.9 Å². The summed E-state index contributed by atoms with van der Waals surface area (Å²) in [4.78, 5) is 23.8. The molecule has 0 bridgehead atoms. The first-order chi connectivity index (χ1) is 10.6. The van der Waals surface area contributed by atoms with Gasteiger partial charge in [0.2, 0.25) is 11.6 Å². The van der Waals surface area contributed by atoms with Crippen molar-refractivity contribution in [3.8, 4) is 0 Å². The van der Waals surface area contributed by atoms with Gasteiger partial charge in [0.25, 0.3) is 0 Å². The second-order valence-corrected chi connectivity index (χ2v) is 4.57. The van der Waals surface area contributed by atoms with E-state index in [-0.39, 0.29) is 12.1 Å². The first kappa shape index (κ1) is 16.7. The van der Waals surface area contributed by atoms with Gasteiger partial charge in [0.15, 0.2) is 34.9 Å². The van der Waals surface area contributed by atoms with Crippen LogP contribution in [0.2, 0.25) is 0 Å². The molecule has 23 heavy (non-hydrogen) atoms. The Bertz CT molecular complexity index is 821. The van der Waals surface area contributed by atoms with Gasteiger partial charge in [-0.05, 0) is 30.7 Å². The third-order valence-corrected chi connectivity index (χ3v) is 3.10. The molecule has 0 aliphatic carbocycles. The smallest absolute Gasteiger partial charge is 0.234 e. The summed E-state index contributed by atoms with van der Waals surface area (Å²) < 4.78 is 78.6. The lowest BCUT2D eigenvalue weighted by molar-refractivity contribution is 0.0815. The maximum atomic E-state index is 13.4. The fourth-order valence-electron chi connectivity index (χ4n) is 1.86. The summed E-state index contributed by atoms with van der Waals surface area (Å²) in [5.74, 6) is -13.5. The van der Waals surface area contributed by atoms with E-state index in [4.69, 9.17) is 0 Å². The van der Waals surface area contributed by atoms with Crippen LogP contribution in [-0.4, -0.2) is 11.6 Å². The Morgan fingerprint density at radius 1 is 0.696 bits per heavy atom. The number of carbonyl (C=O) groups is 2. The van der Waals surface area contributed by atoms with E-state index in [0.29, 0.717) is 6.07 Å². The number of rotatable bonds is 3. The molecule has 120 valence electrons. The monoisotopic (exact) mass is 332 g/mol. The highest BCUT2D eigenvalue weighted by molar-refractivity contribution is 6.49. The number of ketones is 2. The second-order valence-electron chi connectivity index (χ2n) is 4.57. The van der Waals surface area contributed by atoms with E-state index in [1.807, 2.05) is 0 Å². The molecule has 0 aliphatic rings. The van der Waals surface area contributed by atoms with Crippen LogP contribution in [0.5, 0.6) is 0 Å². The normalized spacial score (nSPS) is 10.7. The zero-order valence-corrected chi connectivity index (χ0v) is 11.3. The fraction of sp³-hybridized carbons (Fsp3) is 0.0667. The Labute approximate surface area is 125 Å². The number of hydrogen-bond donors (Lipinski definition) is 0.